The number of carbonyl (C=O) groups excluding carboxylic acids is 1. The molecule has 0 radical (unpaired) electrons. The van der Waals surface area contributed by atoms with Gasteiger partial charge in [-0.1, -0.05) is 0 Å². The third-order valence-electron chi connectivity index (χ3n) is 2.13. The van der Waals surface area contributed by atoms with Crippen molar-refractivity contribution in [3.63, 3.8) is 0 Å². The Bertz CT molecular complexity index is 525. The van der Waals surface area contributed by atoms with Gasteiger partial charge in [-0.05, 0) is 6.07 Å². The third kappa shape index (κ3) is 2.70. The first-order valence-electron chi connectivity index (χ1n) is 4.83. The second-order valence-electron chi connectivity index (χ2n) is 3.34. The van der Waals surface area contributed by atoms with Gasteiger partial charge in [0.05, 0.1) is 29.5 Å². The van der Waals surface area contributed by atoms with E-state index in [1.54, 1.807) is 17.8 Å². The monoisotopic (exact) mass is 249 g/mol. The largest absolute Gasteiger partial charge is 0.397 e. The molecule has 0 saturated carbocycles. The summed E-state index contributed by atoms with van der Waals surface area (Å²) in [5.74, 6) is -0.00728. The second-order valence-corrected chi connectivity index (χ2v) is 4.31. The molecule has 2 aromatic rings. The normalized spacial score (nSPS) is 10.1. The zero-order valence-electron chi connectivity index (χ0n) is 8.88. The number of amides is 1. The van der Waals surface area contributed by atoms with Crippen LogP contribution in [0.1, 0.15) is 15.2 Å². The molecule has 2 rings (SSSR count). The second kappa shape index (κ2) is 4.79. The van der Waals surface area contributed by atoms with Crippen molar-refractivity contribution >= 4 is 28.7 Å². The first-order chi connectivity index (χ1) is 8.16. The van der Waals surface area contributed by atoms with Crippen LogP contribution in [-0.2, 0) is 6.54 Å². The van der Waals surface area contributed by atoms with E-state index in [0.717, 1.165) is 4.88 Å². The van der Waals surface area contributed by atoms with Crippen LogP contribution in [0.15, 0.2) is 24.0 Å². The molecule has 0 spiro atoms. The summed E-state index contributed by atoms with van der Waals surface area (Å²) < 4.78 is 0. The summed E-state index contributed by atoms with van der Waals surface area (Å²) >= 11 is 1.54. The fourth-order valence-corrected chi connectivity index (χ4v) is 1.82. The van der Waals surface area contributed by atoms with Crippen molar-refractivity contribution in [2.45, 2.75) is 6.54 Å². The van der Waals surface area contributed by atoms with E-state index >= 15 is 0 Å². The molecule has 0 aliphatic rings. The number of pyridine rings is 1. The highest BCUT2D eigenvalue weighted by Crippen LogP contribution is 2.15. The first kappa shape index (κ1) is 11.3. The number of nitrogen functional groups attached to an aromatic ring is 1. The molecule has 6 nitrogen and oxygen atoms in total. The van der Waals surface area contributed by atoms with Crippen molar-refractivity contribution in [2.24, 2.45) is 5.73 Å². The lowest BCUT2D eigenvalue weighted by atomic mass is 10.2. The van der Waals surface area contributed by atoms with E-state index in [-0.39, 0.29) is 11.3 Å². The third-order valence-corrected chi connectivity index (χ3v) is 2.91. The summed E-state index contributed by atoms with van der Waals surface area (Å²) in [6, 6.07) is 1.54. The quantitative estimate of drug-likeness (QED) is 0.744. The molecule has 2 aromatic heterocycles. The number of nitrogens with one attached hydrogen (secondary N) is 1. The predicted molar refractivity (Wildman–Crippen MR) is 66.6 cm³/mol. The van der Waals surface area contributed by atoms with Crippen molar-refractivity contribution in [1.82, 2.24) is 9.97 Å². The van der Waals surface area contributed by atoms with Crippen LogP contribution in [0.3, 0.4) is 0 Å². The highest BCUT2D eigenvalue weighted by atomic mass is 32.1. The van der Waals surface area contributed by atoms with Gasteiger partial charge in [0.25, 0.3) is 5.91 Å². The van der Waals surface area contributed by atoms with Crippen LogP contribution >= 0.6 is 11.3 Å². The number of aromatic nitrogens is 2. The van der Waals surface area contributed by atoms with Gasteiger partial charge in [-0.25, -0.2) is 4.98 Å². The van der Waals surface area contributed by atoms with Gasteiger partial charge < -0.3 is 16.8 Å². The SMILES string of the molecule is NC(=O)c1cc(NCc2cncs2)ncc1N. The average Bonchev–Trinajstić information content (AvgIpc) is 2.80. The number of hydrogen-bond donors (Lipinski definition) is 3. The van der Waals surface area contributed by atoms with Gasteiger partial charge in [-0.3, -0.25) is 9.78 Å². The molecule has 7 heteroatoms. The van der Waals surface area contributed by atoms with Gasteiger partial charge in [0, 0.05) is 11.1 Å². The molecule has 88 valence electrons. The summed E-state index contributed by atoms with van der Waals surface area (Å²) in [5.41, 5.74) is 13.1. The fraction of sp³-hybridized carbons (Fsp3) is 0.100. The van der Waals surface area contributed by atoms with Crippen LogP contribution in [0.25, 0.3) is 0 Å². The van der Waals surface area contributed by atoms with Crippen LogP contribution < -0.4 is 16.8 Å². The minimum Gasteiger partial charge on any atom is -0.397 e. The average molecular weight is 249 g/mol. The summed E-state index contributed by atoms with van der Waals surface area (Å²) in [5, 5.41) is 3.07. The van der Waals surface area contributed by atoms with Crippen LogP contribution in [-0.4, -0.2) is 15.9 Å². The first-order valence-corrected chi connectivity index (χ1v) is 5.71. The maximum Gasteiger partial charge on any atom is 0.250 e. The van der Waals surface area contributed by atoms with E-state index in [4.69, 9.17) is 11.5 Å². The number of carbonyl (C=O) groups is 1. The molecular formula is C10H11N5OS. The molecule has 0 aliphatic heterocycles. The predicted octanol–water partition coefficient (Wildman–Crippen LogP) is 0.831. The molecule has 5 N–H and O–H groups in total. The minimum atomic E-state index is -0.564. The van der Waals surface area contributed by atoms with E-state index in [0.29, 0.717) is 12.4 Å². The van der Waals surface area contributed by atoms with Crippen LogP contribution in [0.2, 0.25) is 0 Å². The Hall–Kier alpha value is -2.15. The maximum absolute atomic E-state index is 11.1. The Morgan fingerprint density at radius 1 is 1.47 bits per heavy atom. The van der Waals surface area contributed by atoms with Gasteiger partial charge in [-0.15, -0.1) is 11.3 Å². The number of primary amides is 1. The molecule has 0 bridgehead atoms. The molecule has 0 aliphatic carbocycles. The lowest BCUT2D eigenvalue weighted by Crippen LogP contribution is -2.14. The van der Waals surface area contributed by atoms with E-state index in [2.05, 4.69) is 15.3 Å². The van der Waals surface area contributed by atoms with Gasteiger partial charge in [0.2, 0.25) is 0 Å². The molecule has 0 saturated heterocycles. The Balaban J connectivity index is 2.11. The highest BCUT2D eigenvalue weighted by Gasteiger charge is 2.07. The molecule has 0 atom stereocenters. The zero-order chi connectivity index (χ0) is 12.3. The van der Waals surface area contributed by atoms with Gasteiger partial charge in [-0.2, -0.15) is 0 Å². The summed E-state index contributed by atoms with van der Waals surface area (Å²) in [7, 11) is 0. The topological polar surface area (TPSA) is 107 Å². The van der Waals surface area contributed by atoms with Gasteiger partial charge in [0.15, 0.2) is 0 Å². The smallest absolute Gasteiger partial charge is 0.250 e. The number of nitrogens with zero attached hydrogens (tertiary/aromatic N) is 2. The number of anilines is 2. The molecule has 0 fully saturated rings. The maximum atomic E-state index is 11.1. The Labute approximate surface area is 102 Å². The van der Waals surface area contributed by atoms with Crippen molar-refractivity contribution in [3.8, 4) is 0 Å². The zero-order valence-corrected chi connectivity index (χ0v) is 9.70. The minimum absolute atomic E-state index is 0.270. The lowest BCUT2D eigenvalue weighted by molar-refractivity contribution is 0.100. The summed E-state index contributed by atoms with van der Waals surface area (Å²) in [6.45, 7) is 0.597. The molecule has 2 heterocycles. The number of thiazole rings is 1. The van der Waals surface area contributed by atoms with Crippen molar-refractivity contribution in [3.05, 3.63) is 34.4 Å². The highest BCUT2D eigenvalue weighted by molar-refractivity contribution is 7.09. The lowest BCUT2D eigenvalue weighted by Gasteiger charge is -2.06. The van der Waals surface area contributed by atoms with Crippen LogP contribution in [0, 0.1) is 0 Å². The van der Waals surface area contributed by atoms with Crippen molar-refractivity contribution < 1.29 is 4.79 Å². The summed E-state index contributed by atoms with van der Waals surface area (Å²) in [6.07, 6.45) is 3.18. The number of rotatable bonds is 4. The fourth-order valence-electron chi connectivity index (χ4n) is 1.28. The molecule has 17 heavy (non-hydrogen) atoms. The molecule has 0 aromatic carbocycles. The Kier molecular flexibility index (Phi) is 3.20. The van der Waals surface area contributed by atoms with Gasteiger partial charge >= 0.3 is 0 Å². The summed E-state index contributed by atoms with van der Waals surface area (Å²) in [4.78, 5) is 20.2. The van der Waals surface area contributed by atoms with Crippen molar-refractivity contribution in [1.29, 1.82) is 0 Å². The molecular weight excluding hydrogens is 238 g/mol. The Morgan fingerprint density at radius 2 is 2.29 bits per heavy atom. The Morgan fingerprint density at radius 3 is 2.94 bits per heavy atom. The standard InChI is InChI=1S/C10H11N5OS/c11-8-4-15-9(1-7(8)10(12)16)14-3-6-2-13-5-17-6/h1-2,4-5H,3,11H2,(H2,12,16)(H,14,15). The van der Waals surface area contributed by atoms with Crippen LogP contribution in [0.4, 0.5) is 11.5 Å². The van der Waals surface area contributed by atoms with Gasteiger partial charge in [0.1, 0.15) is 5.82 Å². The van der Waals surface area contributed by atoms with E-state index in [1.165, 1.54) is 17.5 Å². The van der Waals surface area contributed by atoms with Crippen LogP contribution in [0.5, 0.6) is 0 Å². The molecule has 0 unspecified atom stereocenters. The number of hydrogen-bond acceptors (Lipinski definition) is 6. The van der Waals surface area contributed by atoms with Crippen molar-refractivity contribution in [2.75, 3.05) is 11.1 Å². The van der Waals surface area contributed by atoms with E-state index in [9.17, 15) is 4.79 Å². The van der Waals surface area contributed by atoms with E-state index < -0.39 is 5.91 Å². The number of nitrogens with two attached hydrogens (primary N) is 2. The molecule has 1 amide bonds. The van der Waals surface area contributed by atoms with E-state index in [1.807, 2.05) is 0 Å².